The Hall–Kier alpha value is -1.94. The van der Waals surface area contributed by atoms with E-state index in [4.69, 9.17) is 5.11 Å². The second-order valence-corrected chi connectivity index (χ2v) is 6.23. The maximum absolute atomic E-state index is 12.4. The molecule has 1 fully saturated rings. The van der Waals surface area contributed by atoms with Gasteiger partial charge < -0.3 is 10.4 Å². The van der Waals surface area contributed by atoms with Gasteiger partial charge in [-0.1, -0.05) is 6.07 Å². The second kappa shape index (κ2) is 6.44. The van der Waals surface area contributed by atoms with E-state index in [0.29, 0.717) is 11.5 Å². The van der Waals surface area contributed by atoms with E-state index in [2.05, 4.69) is 10.3 Å². The van der Waals surface area contributed by atoms with Crippen LogP contribution in [0.5, 0.6) is 0 Å². The molecule has 3 rings (SSSR count). The lowest BCUT2D eigenvalue weighted by molar-refractivity contribution is 0.0914. The van der Waals surface area contributed by atoms with Crippen LogP contribution >= 0.6 is 0 Å². The minimum atomic E-state index is -0.0186. The van der Waals surface area contributed by atoms with Crippen LogP contribution in [0.4, 0.5) is 0 Å². The van der Waals surface area contributed by atoms with E-state index in [0.717, 1.165) is 42.3 Å². The van der Waals surface area contributed by atoms with E-state index >= 15 is 0 Å². The summed E-state index contributed by atoms with van der Waals surface area (Å²) in [5.74, 6) is 0.387. The maximum atomic E-state index is 12.4. The third kappa shape index (κ3) is 3.28. The number of rotatable bonds is 3. The fourth-order valence-corrected chi connectivity index (χ4v) is 3.13. The average molecular weight is 298 g/mol. The zero-order chi connectivity index (χ0) is 15.5. The van der Waals surface area contributed by atoms with Gasteiger partial charge >= 0.3 is 0 Å². The van der Waals surface area contributed by atoms with E-state index in [9.17, 15) is 4.79 Å². The van der Waals surface area contributed by atoms with E-state index in [1.54, 1.807) is 0 Å². The number of aryl methyl sites for hydroxylation is 1. The first-order valence-electron chi connectivity index (χ1n) is 7.95. The summed E-state index contributed by atoms with van der Waals surface area (Å²) in [5.41, 5.74) is 2.58. The largest absolute Gasteiger partial charge is 0.396 e. The SMILES string of the molecule is Cc1ccc2cc(C(=O)NC3CCC(CO)CC3)ccc2n1. The Morgan fingerprint density at radius 2 is 2.00 bits per heavy atom. The molecule has 0 radical (unpaired) electrons. The Morgan fingerprint density at radius 3 is 2.73 bits per heavy atom. The highest BCUT2D eigenvalue weighted by Gasteiger charge is 2.22. The molecule has 0 bridgehead atoms. The number of benzene rings is 1. The topological polar surface area (TPSA) is 62.2 Å². The maximum Gasteiger partial charge on any atom is 0.251 e. The molecule has 1 aromatic heterocycles. The minimum Gasteiger partial charge on any atom is -0.396 e. The molecule has 116 valence electrons. The van der Waals surface area contributed by atoms with Gasteiger partial charge in [0, 0.05) is 29.3 Å². The van der Waals surface area contributed by atoms with Crippen LogP contribution < -0.4 is 5.32 Å². The van der Waals surface area contributed by atoms with Crippen LogP contribution in [0.1, 0.15) is 41.7 Å². The Balaban J connectivity index is 1.68. The van der Waals surface area contributed by atoms with Crippen molar-refractivity contribution in [1.29, 1.82) is 0 Å². The standard InChI is InChI=1S/C18H22N2O2/c1-12-2-5-14-10-15(6-9-17(14)19-12)18(22)20-16-7-3-13(11-21)4-8-16/h2,5-6,9-10,13,16,21H,3-4,7-8,11H2,1H3,(H,20,22). The molecule has 0 spiro atoms. The molecule has 4 nitrogen and oxygen atoms in total. The molecular weight excluding hydrogens is 276 g/mol. The Kier molecular flexibility index (Phi) is 4.39. The van der Waals surface area contributed by atoms with E-state index in [1.807, 2.05) is 37.3 Å². The summed E-state index contributed by atoms with van der Waals surface area (Å²) in [6.45, 7) is 2.22. The van der Waals surface area contributed by atoms with Gasteiger partial charge in [0.1, 0.15) is 0 Å². The second-order valence-electron chi connectivity index (χ2n) is 6.23. The number of carbonyl (C=O) groups excluding carboxylic acids is 1. The number of nitrogens with zero attached hydrogens (tertiary/aromatic N) is 1. The zero-order valence-electron chi connectivity index (χ0n) is 12.9. The number of hydrogen-bond donors (Lipinski definition) is 2. The highest BCUT2D eigenvalue weighted by molar-refractivity contribution is 5.98. The van der Waals surface area contributed by atoms with Crippen LogP contribution in [0.2, 0.25) is 0 Å². The highest BCUT2D eigenvalue weighted by Crippen LogP contribution is 2.24. The van der Waals surface area contributed by atoms with E-state index in [-0.39, 0.29) is 18.6 Å². The van der Waals surface area contributed by atoms with Crippen molar-refractivity contribution in [3.8, 4) is 0 Å². The molecule has 1 saturated carbocycles. The van der Waals surface area contributed by atoms with Gasteiger partial charge in [0.2, 0.25) is 0 Å². The van der Waals surface area contributed by atoms with Gasteiger partial charge in [-0.05, 0) is 62.8 Å². The molecule has 2 N–H and O–H groups in total. The average Bonchev–Trinajstić information content (AvgIpc) is 2.55. The number of pyridine rings is 1. The van der Waals surface area contributed by atoms with Crippen LogP contribution in [0.15, 0.2) is 30.3 Å². The van der Waals surface area contributed by atoms with Crippen molar-refractivity contribution in [3.63, 3.8) is 0 Å². The van der Waals surface area contributed by atoms with E-state index < -0.39 is 0 Å². The Bertz CT molecular complexity index is 676. The first-order chi connectivity index (χ1) is 10.7. The first kappa shape index (κ1) is 15.0. The van der Waals surface area contributed by atoms with E-state index in [1.165, 1.54) is 0 Å². The van der Waals surface area contributed by atoms with Crippen LogP contribution in [0.3, 0.4) is 0 Å². The van der Waals surface area contributed by atoms with Crippen molar-refractivity contribution in [2.75, 3.05) is 6.61 Å². The molecule has 22 heavy (non-hydrogen) atoms. The van der Waals surface area contributed by atoms with Gasteiger partial charge in [0.25, 0.3) is 5.91 Å². The molecule has 0 saturated heterocycles. The number of hydrogen-bond acceptors (Lipinski definition) is 3. The lowest BCUT2D eigenvalue weighted by Crippen LogP contribution is -2.38. The predicted octanol–water partition coefficient (Wildman–Crippen LogP) is 2.82. The fourth-order valence-electron chi connectivity index (χ4n) is 3.13. The van der Waals surface area contributed by atoms with Crippen molar-refractivity contribution in [2.45, 2.75) is 38.6 Å². The van der Waals surface area contributed by atoms with Crippen molar-refractivity contribution >= 4 is 16.8 Å². The molecule has 0 atom stereocenters. The van der Waals surface area contributed by atoms with Gasteiger partial charge in [0.15, 0.2) is 0 Å². The summed E-state index contributed by atoms with van der Waals surface area (Å²) in [5, 5.41) is 13.3. The molecule has 1 heterocycles. The molecule has 4 heteroatoms. The van der Waals surface area contributed by atoms with Crippen molar-refractivity contribution in [3.05, 3.63) is 41.6 Å². The summed E-state index contributed by atoms with van der Waals surface area (Å²) >= 11 is 0. The molecule has 2 aromatic rings. The third-order valence-electron chi connectivity index (χ3n) is 4.53. The van der Waals surface area contributed by atoms with Gasteiger partial charge in [-0.15, -0.1) is 0 Å². The Labute approximate surface area is 130 Å². The summed E-state index contributed by atoms with van der Waals surface area (Å²) in [4.78, 5) is 16.8. The molecule has 1 amide bonds. The number of amides is 1. The van der Waals surface area contributed by atoms with Crippen LogP contribution in [-0.4, -0.2) is 28.6 Å². The molecule has 0 unspecified atom stereocenters. The minimum absolute atomic E-state index is 0.0186. The van der Waals surface area contributed by atoms with Gasteiger partial charge in [-0.3, -0.25) is 9.78 Å². The summed E-state index contributed by atoms with van der Waals surface area (Å²) in [6.07, 6.45) is 3.88. The van der Waals surface area contributed by atoms with Crippen molar-refractivity contribution in [1.82, 2.24) is 10.3 Å². The fraction of sp³-hybridized carbons (Fsp3) is 0.444. The normalized spacial score (nSPS) is 21.7. The quantitative estimate of drug-likeness (QED) is 0.916. The van der Waals surface area contributed by atoms with Gasteiger partial charge in [-0.25, -0.2) is 0 Å². The predicted molar refractivity (Wildman–Crippen MR) is 86.8 cm³/mol. The van der Waals surface area contributed by atoms with Crippen molar-refractivity contribution < 1.29 is 9.90 Å². The number of aliphatic hydroxyl groups is 1. The summed E-state index contributed by atoms with van der Waals surface area (Å²) in [7, 11) is 0. The molecule has 0 aliphatic heterocycles. The number of carbonyl (C=O) groups is 1. The Morgan fingerprint density at radius 1 is 1.23 bits per heavy atom. The first-order valence-corrected chi connectivity index (χ1v) is 7.95. The molecular formula is C18H22N2O2. The molecule has 1 aliphatic carbocycles. The van der Waals surface area contributed by atoms with Gasteiger partial charge in [-0.2, -0.15) is 0 Å². The van der Waals surface area contributed by atoms with Crippen LogP contribution in [0.25, 0.3) is 10.9 Å². The summed E-state index contributed by atoms with van der Waals surface area (Å²) < 4.78 is 0. The number of fused-ring (bicyclic) bond motifs is 1. The molecule has 1 aliphatic rings. The monoisotopic (exact) mass is 298 g/mol. The smallest absolute Gasteiger partial charge is 0.251 e. The lowest BCUT2D eigenvalue weighted by Gasteiger charge is -2.28. The summed E-state index contributed by atoms with van der Waals surface area (Å²) in [6, 6.07) is 9.82. The van der Waals surface area contributed by atoms with Crippen LogP contribution in [0, 0.1) is 12.8 Å². The third-order valence-corrected chi connectivity index (χ3v) is 4.53. The van der Waals surface area contributed by atoms with Crippen molar-refractivity contribution in [2.24, 2.45) is 5.92 Å². The molecule has 1 aromatic carbocycles. The van der Waals surface area contributed by atoms with Crippen LogP contribution in [-0.2, 0) is 0 Å². The highest BCUT2D eigenvalue weighted by atomic mass is 16.3. The number of aromatic nitrogens is 1. The lowest BCUT2D eigenvalue weighted by atomic mass is 9.86. The number of nitrogens with one attached hydrogen (secondary N) is 1. The number of aliphatic hydroxyl groups excluding tert-OH is 1. The van der Waals surface area contributed by atoms with Gasteiger partial charge in [0.05, 0.1) is 5.52 Å². The zero-order valence-corrected chi connectivity index (χ0v) is 12.9.